The molecular weight excluding hydrogens is 595 g/mol. The lowest BCUT2D eigenvalue weighted by Crippen LogP contribution is -1.99. The Kier molecular flexibility index (Phi) is 7.41. The number of hydrogen-bond acceptors (Lipinski definition) is 5. The van der Waals surface area contributed by atoms with Crippen LogP contribution >= 0.6 is 11.3 Å². The molecule has 0 N–H and O–H groups in total. The standard InChI is InChI=1S/C42H29N3OS/c1-27-12-3-2-10-23-46-37-19-8-6-17-34(37)36-25-29(21-22-33(36)32-16-5-4-15-31(27)32)39-41-40(35-18-7-9-20-38(35)47-41)45-42(44-39)30-14-11-13-28(24-30)26-43/h2-22,24-25,27H,23H2,1H3/b10-2-,12-3-. The topological polar surface area (TPSA) is 58.8 Å². The Morgan fingerprint density at radius 2 is 1.57 bits per heavy atom. The lowest BCUT2D eigenvalue weighted by Gasteiger charge is -2.19. The molecule has 0 fully saturated rings. The van der Waals surface area contributed by atoms with Gasteiger partial charge in [0.25, 0.3) is 0 Å². The maximum absolute atomic E-state index is 9.62. The molecule has 0 bridgehead atoms. The molecule has 47 heavy (non-hydrogen) atoms. The zero-order chi connectivity index (χ0) is 31.7. The van der Waals surface area contributed by atoms with E-state index in [9.17, 15) is 5.26 Å². The molecule has 8 rings (SSSR count). The van der Waals surface area contributed by atoms with Crippen molar-refractivity contribution in [2.75, 3.05) is 6.61 Å². The van der Waals surface area contributed by atoms with Gasteiger partial charge in [-0.15, -0.1) is 11.3 Å². The zero-order valence-electron chi connectivity index (χ0n) is 25.7. The highest BCUT2D eigenvalue weighted by atomic mass is 32.1. The van der Waals surface area contributed by atoms with E-state index in [0.717, 1.165) is 59.6 Å². The minimum atomic E-state index is 0.215. The molecule has 7 aromatic rings. The molecule has 224 valence electrons. The van der Waals surface area contributed by atoms with E-state index in [1.54, 1.807) is 17.4 Å². The predicted molar refractivity (Wildman–Crippen MR) is 194 cm³/mol. The van der Waals surface area contributed by atoms with E-state index in [1.807, 2.05) is 36.4 Å². The van der Waals surface area contributed by atoms with Crippen LogP contribution in [0.5, 0.6) is 5.75 Å². The van der Waals surface area contributed by atoms with Crippen molar-refractivity contribution in [2.24, 2.45) is 0 Å². The van der Waals surface area contributed by atoms with E-state index in [-0.39, 0.29) is 5.92 Å². The largest absolute Gasteiger partial charge is 0.489 e. The quantitative estimate of drug-likeness (QED) is 0.192. The molecular formula is C42H29N3OS. The molecule has 1 aliphatic heterocycles. The predicted octanol–water partition coefficient (Wildman–Crippen LogP) is 11.0. The van der Waals surface area contributed by atoms with Crippen LogP contribution < -0.4 is 4.74 Å². The van der Waals surface area contributed by atoms with Gasteiger partial charge in [0.05, 0.1) is 27.5 Å². The van der Waals surface area contributed by atoms with Crippen LogP contribution in [-0.4, -0.2) is 16.6 Å². The van der Waals surface area contributed by atoms with Crippen LogP contribution in [0.25, 0.3) is 65.2 Å². The van der Waals surface area contributed by atoms with Gasteiger partial charge in [-0.05, 0) is 64.6 Å². The number of aromatic nitrogens is 2. The first kappa shape index (κ1) is 28.6. The van der Waals surface area contributed by atoms with Gasteiger partial charge in [0.1, 0.15) is 12.4 Å². The fourth-order valence-corrected chi connectivity index (χ4v) is 7.51. The number of nitrogens with zero attached hydrogens (tertiary/aromatic N) is 3. The van der Waals surface area contributed by atoms with E-state index in [0.29, 0.717) is 18.0 Å². The van der Waals surface area contributed by atoms with E-state index in [2.05, 4.69) is 110 Å². The van der Waals surface area contributed by atoms with Gasteiger partial charge in [0.2, 0.25) is 0 Å². The summed E-state index contributed by atoms with van der Waals surface area (Å²) < 4.78 is 8.55. The molecule has 2 aromatic heterocycles. The molecule has 1 aliphatic rings. The summed E-state index contributed by atoms with van der Waals surface area (Å²) in [4.78, 5) is 10.3. The molecule has 5 aromatic carbocycles. The summed E-state index contributed by atoms with van der Waals surface area (Å²) in [6.45, 7) is 2.71. The first-order valence-corrected chi connectivity index (χ1v) is 16.5. The summed E-state index contributed by atoms with van der Waals surface area (Å²) in [7, 11) is 0. The van der Waals surface area contributed by atoms with Gasteiger partial charge in [-0.2, -0.15) is 5.26 Å². The Balaban J connectivity index is 1.42. The van der Waals surface area contributed by atoms with Crippen LogP contribution in [0.2, 0.25) is 0 Å². The van der Waals surface area contributed by atoms with E-state index in [1.165, 1.54) is 11.1 Å². The van der Waals surface area contributed by atoms with E-state index in [4.69, 9.17) is 14.7 Å². The molecule has 4 nitrogen and oxygen atoms in total. The lowest BCUT2D eigenvalue weighted by atomic mass is 9.86. The molecule has 0 aliphatic carbocycles. The van der Waals surface area contributed by atoms with Crippen molar-refractivity contribution in [2.45, 2.75) is 12.8 Å². The highest BCUT2D eigenvalue weighted by Gasteiger charge is 2.21. The SMILES string of the molecule is CC1/C=C\C=C/COc2ccccc2-c2cc(-c3nc(-c4cccc(C#N)c4)nc4c3sc3ccccc34)ccc2-c2ccccc21. The van der Waals surface area contributed by atoms with Crippen molar-refractivity contribution < 1.29 is 4.74 Å². The fourth-order valence-electron chi connectivity index (χ4n) is 6.35. The summed E-state index contributed by atoms with van der Waals surface area (Å²) in [6, 6.07) is 41.7. The summed E-state index contributed by atoms with van der Waals surface area (Å²) in [6.07, 6.45) is 8.44. The van der Waals surface area contributed by atoms with Gasteiger partial charge >= 0.3 is 0 Å². The van der Waals surface area contributed by atoms with Gasteiger partial charge in [-0.3, -0.25) is 0 Å². The molecule has 3 heterocycles. The zero-order valence-corrected chi connectivity index (χ0v) is 26.5. The van der Waals surface area contributed by atoms with E-state index < -0.39 is 0 Å². The van der Waals surface area contributed by atoms with Crippen LogP contribution in [0.1, 0.15) is 24.0 Å². The summed E-state index contributed by atoms with van der Waals surface area (Å²) >= 11 is 1.71. The van der Waals surface area contributed by atoms with Crippen LogP contribution in [-0.2, 0) is 0 Å². The van der Waals surface area contributed by atoms with Gasteiger partial charge in [0, 0.05) is 26.8 Å². The number of hydrogen-bond donors (Lipinski definition) is 0. The number of para-hydroxylation sites is 1. The van der Waals surface area contributed by atoms with Crippen molar-refractivity contribution in [3.8, 4) is 56.7 Å². The molecule has 0 spiro atoms. The molecule has 0 saturated carbocycles. The Bertz CT molecular complexity index is 2410. The summed E-state index contributed by atoms with van der Waals surface area (Å²) in [5.41, 5.74) is 9.84. The monoisotopic (exact) mass is 623 g/mol. The van der Waals surface area contributed by atoms with Gasteiger partial charge in [-0.25, -0.2) is 9.97 Å². The van der Waals surface area contributed by atoms with Crippen molar-refractivity contribution in [3.05, 3.63) is 151 Å². The number of allylic oxidation sites excluding steroid dienone is 3. The van der Waals surface area contributed by atoms with Crippen LogP contribution in [0.3, 0.4) is 0 Å². The smallest absolute Gasteiger partial charge is 0.160 e. The average molecular weight is 624 g/mol. The molecule has 1 unspecified atom stereocenters. The lowest BCUT2D eigenvalue weighted by molar-refractivity contribution is 0.364. The second-order valence-electron chi connectivity index (χ2n) is 11.6. The normalized spacial score (nSPS) is 15.5. The van der Waals surface area contributed by atoms with Gasteiger partial charge in [0.15, 0.2) is 5.82 Å². The first-order chi connectivity index (χ1) is 23.2. The maximum Gasteiger partial charge on any atom is 0.160 e. The Morgan fingerprint density at radius 3 is 2.49 bits per heavy atom. The third-order valence-electron chi connectivity index (χ3n) is 8.66. The summed E-state index contributed by atoms with van der Waals surface area (Å²) in [5, 5.41) is 10.7. The minimum absolute atomic E-state index is 0.215. The van der Waals surface area contributed by atoms with Gasteiger partial charge < -0.3 is 4.74 Å². The maximum atomic E-state index is 9.62. The molecule has 0 radical (unpaired) electrons. The highest BCUT2D eigenvalue weighted by Crippen LogP contribution is 2.45. The van der Waals surface area contributed by atoms with Crippen molar-refractivity contribution in [1.29, 1.82) is 5.26 Å². The second-order valence-corrected chi connectivity index (χ2v) is 12.7. The number of thiophene rings is 1. The third-order valence-corrected chi connectivity index (χ3v) is 9.83. The Labute approximate surface area is 277 Å². The Hall–Kier alpha value is -5.83. The van der Waals surface area contributed by atoms with Crippen molar-refractivity contribution in [1.82, 2.24) is 9.97 Å². The first-order valence-electron chi connectivity index (χ1n) is 15.7. The van der Waals surface area contributed by atoms with Gasteiger partial charge in [-0.1, -0.05) is 110 Å². The molecule has 0 amide bonds. The molecule has 1 atom stereocenters. The fraction of sp³-hybridized carbons (Fsp3) is 0.0714. The summed E-state index contributed by atoms with van der Waals surface area (Å²) in [5.74, 6) is 1.64. The Morgan fingerprint density at radius 1 is 0.745 bits per heavy atom. The average Bonchev–Trinajstić information content (AvgIpc) is 3.51. The van der Waals surface area contributed by atoms with Crippen molar-refractivity contribution in [3.63, 3.8) is 0 Å². The van der Waals surface area contributed by atoms with Crippen LogP contribution in [0.15, 0.2) is 140 Å². The van der Waals surface area contributed by atoms with Crippen LogP contribution in [0.4, 0.5) is 0 Å². The van der Waals surface area contributed by atoms with E-state index >= 15 is 0 Å². The number of rotatable bonds is 2. The second kappa shape index (κ2) is 12.2. The molecule has 0 saturated heterocycles. The number of benzene rings is 5. The highest BCUT2D eigenvalue weighted by molar-refractivity contribution is 7.26. The molecule has 5 heteroatoms. The number of fused-ring (bicyclic) bond motifs is 8. The van der Waals surface area contributed by atoms with Crippen molar-refractivity contribution >= 4 is 31.6 Å². The third kappa shape index (κ3) is 5.29. The number of nitriles is 1. The minimum Gasteiger partial charge on any atom is -0.489 e. The number of ether oxygens (including phenoxy) is 1. The van der Waals surface area contributed by atoms with Crippen LogP contribution in [0, 0.1) is 11.3 Å².